The average molecular weight is 285 g/mol. The second kappa shape index (κ2) is 5.50. The fourth-order valence-corrected chi connectivity index (χ4v) is 1.78. The molecule has 0 spiro atoms. The van der Waals surface area contributed by atoms with Crippen molar-refractivity contribution in [3.8, 4) is 5.75 Å². The molecule has 0 aliphatic heterocycles. The van der Waals surface area contributed by atoms with E-state index in [-0.39, 0.29) is 11.3 Å². The molecule has 0 aliphatic rings. The minimum atomic E-state index is -4.74. The Balaban J connectivity index is 2.20. The highest BCUT2D eigenvalue weighted by atomic mass is 19.4. The maximum absolute atomic E-state index is 13.6. The number of nitrogens with two attached hydrogens (primary N) is 1. The first-order valence-corrected chi connectivity index (χ1v) is 5.72. The number of ether oxygens (including phenoxy) is 1. The van der Waals surface area contributed by atoms with Gasteiger partial charge in [-0.3, -0.25) is 0 Å². The van der Waals surface area contributed by atoms with Crippen LogP contribution in [0.2, 0.25) is 0 Å². The van der Waals surface area contributed by atoms with Crippen LogP contribution >= 0.6 is 0 Å². The molecule has 0 aromatic heterocycles. The fraction of sp³-hybridized carbons (Fsp3) is 0.143. The third kappa shape index (κ3) is 3.48. The van der Waals surface area contributed by atoms with Crippen LogP contribution in [0.4, 0.5) is 17.6 Å². The molecule has 2 nitrogen and oxygen atoms in total. The number of benzene rings is 2. The Labute approximate surface area is 112 Å². The minimum absolute atomic E-state index is 0.275. The summed E-state index contributed by atoms with van der Waals surface area (Å²) in [6.45, 7) is 0. The van der Waals surface area contributed by atoms with Crippen molar-refractivity contribution in [3.05, 3.63) is 65.5 Å². The Hall–Kier alpha value is -2.08. The Morgan fingerprint density at radius 3 is 2.10 bits per heavy atom. The topological polar surface area (TPSA) is 35.2 Å². The Kier molecular flexibility index (Phi) is 3.94. The molecule has 20 heavy (non-hydrogen) atoms. The van der Waals surface area contributed by atoms with Crippen molar-refractivity contribution in [2.24, 2.45) is 5.73 Å². The molecule has 1 atom stereocenters. The number of rotatable bonds is 3. The second-order valence-corrected chi connectivity index (χ2v) is 4.12. The van der Waals surface area contributed by atoms with E-state index in [1.54, 1.807) is 6.07 Å². The van der Waals surface area contributed by atoms with Crippen LogP contribution in [-0.2, 0) is 0 Å². The van der Waals surface area contributed by atoms with E-state index >= 15 is 0 Å². The van der Waals surface area contributed by atoms with Gasteiger partial charge in [0.1, 0.15) is 11.6 Å². The number of hydrogen-bond donors (Lipinski definition) is 1. The van der Waals surface area contributed by atoms with E-state index in [0.29, 0.717) is 5.56 Å². The molecule has 0 saturated carbocycles. The van der Waals surface area contributed by atoms with Gasteiger partial charge in [-0.25, -0.2) is 4.39 Å². The molecule has 0 radical (unpaired) electrons. The summed E-state index contributed by atoms with van der Waals surface area (Å²) in [6.07, 6.45) is -4.74. The molecular weight excluding hydrogens is 274 g/mol. The SMILES string of the molecule is N[C@H](c1ccc(OC(F)(F)F)cc1)c1ccccc1F. The van der Waals surface area contributed by atoms with Crippen molar-refractivity contribution < 1.29 is 22.3 Å². The second-order valence-electron chi connectivity index (χ2n) is 4.12. The molecule has 0 unspecified atom stereocenters. The first-order valence-electron chi connectivity index (χ1n) is 5.72. The summed E-state index contributed by atoms with van der Waals surface area (Å²) in [5.74, 6) is -0.808. The van der Waals surface area contributed by atoms with Crippen molar-refractivity contribution in [1.82, 2.24) is 0 Å². The molecule has 0 aliphatic carbocycles. The van der Waals surface area contributed by atoms with Gasteiger partial charge in [0.2, 0.25) is 0 Å². The van der Waals surface area contributed by atoms with Crippen LogP contribution in [0, 0.1) is 5.82 Å². The number of halogens is 4. The molecule has 0 heterocycles. The van der Waals surface area contributed by atoms with Crippen molar-refractivity contribution in [1.29, 1.82) is 0 Å². The van der Waals surface area contributed by atoms with E-state index in [2.05, 4.69) is 4.74 Å². The standard InChI is InChI=1S/C14H11F4NO/c15-12-4-2-1-3-11(12)13(19)9-5-7-10(8-6-9)20-14(16,17)18/h1-8,13H,19H2/t13-/m1/s1. The van der Waals surface area contributed by atoms with E-state index in [9.17, 15) is 17.6 Å². The zero-order valence-corrected chi connectivity index (χ0v) is 10.2. The van der Waals surface area contributed by atoms with Gasteiger partial charge in [-0.2, -0.15) is 0 Å². The van der Waals surface area contributed by atoms with E-state index < -0.39 is 18.2 Å². The lowest BCUT2D eigenvalue weighted by molar-refractivity contribution is -0.274. The molecular formula is C14H11F4NO. The predicted octanol–water partition coefficient (Wildman–Crippen LogP) is 3.77. The van der Waals surface area contributed by atoms with Crippen LogP contribution in [-0.4, -0.2) is 6.36 Å². The molecule has 0 saturated heterocycles. The molecule has 0 bridgehead atoms. The molecule has 106 valence electrons. The van der Waals surface area contributed by atoms with Gasteiger partial charge in [-0.1, -0.05) is 30.3 Å². The normalized spacial score (nSPS) is 13.1. The first-order chi connectivity index (χ1) is 9.37. The van der Waals surface area contributed by atoms with Gasteiger partial charge >= 0.3 is 6.36 Å². The van der Waals surface area contributed by atoms with E-state index in [4.69, 9.17) is 5.73 Å². The van der Waals surface area contributed by atoms with Crippen LogP contribution < -0.4 is 10.5 Å². The molecule has 0 fully saturated rings. The smallest absolute Gasteiger partial charge is 0.406 e. The zero-order valence-electron chi connectivity index (χ0n) is 10.2. The number of alkyl halides is 3. The van der Waals surface area contributed by atoms with Gasteiger partial charge < -0.3 is 10.5 Å². The van der Waals surface area contributed by atoms with Crippen LogP contribution in [0.3, 0.4) is 0 Å². The summed E-state index contributed by atoms with van der Waals surface area (Å²) in [4.78, 5) is 0. The van der Waals surface area contributed by atoms with E-state index in [1.165, 1.54) is 30.3 Å². The highest BCUT2D eigenvalue weighted by Gasteiger charge is 2.31. The summed E-state index contributed by atoms with van der Waals surface area (Å²) < 4.78 is 53.4. The maximum Gasteiger partial charge on any atom is 0.573 e. The van der Waals surface area contributed by atoms with Crippen LogP contribution in [0.15, 0.2) is 48.5 Å². The van der Waals surface area contributed by atoms with Crippen molar-refractivity contribution >= 4 is 0 Å². The van der Waals surface area contributed by atoms with Gasteiger partial charge in [0.15, 0.2) is 0 Å². The van der Waals surface area contributed by atoms with Crippen molar-refractivity contribution in [2.45, 2.75) is 12.4 Å². The van der Waals surface area contributed by atoms with Crippen molar-refractivity contribution in [3.63, 3.8) is 0 Å². The Morgan fingerprint density at radius 1 is 0.950 bits per heavy atom. The monoisotopic (exact) mass is 285 g/mol. The third-order valence-electron chi connectivity index (χ3n) is 2.71. The van der Waals surface area contributed by atoms with Gasteiger partial charge in [0, 0.05) is 5.56 Å². The zero-order chi connectivity index (χ0) is 14.8. The van der Waals surface area contributed by atoms with E-state index in [0.717, 1.165) is 12.1 Å². The Morgan fingerprint density at radius 2 is 1.55 bits per heavy atom. The van der Waals surface area contributed by atoms with Gasteiger partial charge in [0.25, 0.3) is 0 Å². The fourth-order valence-electron chi connectivity index (χ4n) is 1.78. The lowest BCUT2D eigenvalue weighted by Crippen LogP contribution is -2.17. The van der Waals surface area contributed by atoms with Crippen LogP contribution in [0.5, 0.6) is 5.75 Å². The highest BCUT2D eigenvalue weighted by molar-refractivity contribution is 5.35. The van der Waals surface area contributed by atoms with Gasteiger partial charge in [0.05, 0.1) is 6.04 Å². The summed E-state index contributed by atoms with van der Waals surface area (Å²) in [6, 6.07) is 10.3. The Bertz CT molecular complexity index is 580. The van der Waals surface area contributed by atoms with Gasteiger partial charge in [-0.15, -0.1) is 13.2 Å². The van der Waals surface area contributed by atoms with E-state index in [1.807, 2.05) is 0 Å². The third-order valence-corrected chi connectivity index (χ3v) is 2.71. The lowest BCUT2D eigenvalue weighted by atomic mass is 9.99. The molecule has 2 rings (SSSR count). The van der Waals surface area contributed by atoms with Gasteiger partial charge in [-0.05, 0) is 23.8 Å². The average Bonchev–Trinajstić information content (AvgIpc) is 2.37. The summed E-state index contributed by atoms with van der Waals surface area (Å²) >= 11 is 0. The lowest BCUT2D eigenvalue weighted by Gasteiger charge is -2.14. The largest absolute Gasteiger partial charge is 0.573 e. The number of hydrogen-bond acceptors (Lipinski definition) is 2. The molecule has 6 heteroatoms. The first kappa shape index (κ1) is 14.3. The maximum atomic E-state index is 13.6. The molecule has 0 amide bonds. The predicted molar refractivity (Wildman–Crippen MR) is 65.6 cm³/mol. The van der Waals surface area contributed by atoms with Crippen LogP contribution in [0.25, 0.3) is 0 Å². The van der Waals surface area contributed by atoms with Crippen LogP contribution in [0.1, 0.15) is 17.2 Å². The summed E-state index contributed by atoms with van der Waals surface area (Å²) in [7, 11) is 0. The molecule has 2 N–H and O–H groups in total. The molecule has 2 aromatic rings. The summed E-state index contributed by atoms with van der Waals surface area (Å²) in [5.41, 5.74) is 6.66. The summed E-state index contributed by atoms with van der Waals surface area (Å²) in [5, 5.41) is 0. The quantitative estimate of drug-likeness (QED) is 0.871. The molecule has 2 aromatic carbocycles. The highest BCUT2D eigenvalue weighted by Crippen LogP contribution is 2.26. The minimum Gasteiger partial charge on any atom is -0.406 e. The van der Waals surface area contributed by atoms with Crippen molar-refractivity contribution in [2.75, 3.05) is 0 Å².